The summed E-state index contributed by atoms with van der Waals surface area (Å²) in [5.74, 6) is 0.528. The minimum Gasteiger partial charge on any atom is -0.496 e. The molecule has 0 bridgehead atoms. The van der Waals surface area contributed by atoms with Crippen LogP contribution in [0.25, 0.3) is 11.0 Å². The molecule has 0 spiro atoms. The number of anilines is 2. The van der Waals surface area contributed by atoms with Crippen molar-refractivity contribution in [3.8, 4) is 5.75 Å². The predicted octanol–water partition coefficient (Wildman–Crippen LogP) is 2.50. The van der Waals surface area contributed by atoms with Crippen LogP contribution in [0, 0.1) is 5.82 Å². The van der Waals surface area contributed by atoms with Crippen molar-refractivity contribution in [1.29, 1.82) is 0 Å². The molecule has 1 aromatic carbocycles. The van der Waals surface area contributed by atoms with Crippen LogP contribution in [-0.4, -0.2) is 36.6 Å². The van der Waals surface area contributed by atoms with E-state index in [0.29, 0.717) is 22.9 Å². The van der Waals surface area contributed by atoms with Gasteiger partial charge in [0, 0.05) is 19.4 Å². The Bertz CT molecular complexity index is 1070. The molecule has 3 aromatic heterocycles. The molecule has 9 heteroatoms. The summed E-state index contributed by atoms with van der Waals surface area (Å²) in [5.41, 5.74) is 1.78. The van der Waals surface area contributed by atoms with Crippen molar-refractivity contribution in [3.63, 3.8) is 0 Å². The van der Waals surface area contributed by atoms with Crippen LogP contribution in [0.1, 0.15) is 5.56 Å². The van der Waals surface area contributed by atoms with E-state index in [1.807, 2.05) is 13.2 Å². The van der Waals surface area contributed by atoms with Gasteiger partial charge in [-0.3, -0.25) is 4.68 Å². The molecule has 0 aliphatic rings. The van der Waals surface area contributed by atoms with Crippen molar-refractivity contribution in [2.24, 2.45) is 7.05 Å². The van der Waals surface area contributed by atoms with Gasteiger partial charge in [0.2, 0.25) is 5.95 Å². The summed E-state index contributed by atoms with van der Waals surface area (Å²) in [4.78, 5) is 8.77. The van der Waals surface area contributed by atoms with Crippen LogP contribution in [0.2, 0.25) is 0 Å². The molecule has 0 atom stereocenters. The summed E-state index contributed by atoms with van der Waals surface area (Å²) < 4.78 is 22.8. The van der Waals surface area contributed by atoms with E-state index in [1.54, 1.807) is 40.1 Å². The highest BCUT2D eigenvalue weighted by Gasteiger charge is 2.13. The van der Waals surface area contributed by atoms with Crippen molar-refractivity contribution >= 4 is 22.7 Å². The van der Waals surface area contributed by atoms with E-state index in [9.17, 15) is 4.39 Å². The Kier molecular flexibility index (Phi) is 3.96. The Morgan fingerprint density at radius 3 is 2.85 bits per heavy atom. The smallest absolute Gasteiger partial charge is 0.229 e. The van der Waals surface area contributed by atoms with Gasteiger partial charge in [-0.1, -0.05) is 6.07 Å². The lowest BCUT2D eigenvalue weighted by Gasteiger charge is -2.10. The van der Waals surface area contributed by atoms with E-state index in [0.717, 1.165) is 11.1 Å². The third-order valence-electron chi connectivity index (χ3n) is 3.94. The summed E-state index contributed by atoms with van der Waals surface area (Å²) in [6.45, 7) is 0.197. The molecule has 0 saturated heterocycles. The fourth-order valence-electron chi connectivity index (χ4n) is 2.69. The Hall–Kier alpha value is -3.49. The number of methoxy groups -OCH3 is 1. The van der Waals surface area contributed by atoms with Crippen LogP contribution in [0.5, 0.6) is 5.75 Å². The highest BCUT2D eigenvalue weighted by atomic mass is 19.1. The van der Waals surface area contributed by atoms with Gasteiger partial charge in [0.05, 0.1) is 42.7 Å². The summed E-state index contributed by atoms with van der Waals surface area (Å²) in [6.07, 6.45) is 6.81. The summed E-state index contributed by atoms with van der Waals surface area (Å²) in [5, 5.41) is 12.2. The fraction of sp³-hybridized carbons (Fsp3) is 0.176. The Morgan fingerprint density at radius 2 is 2.08 bits per heavy atom. The van der Waals surface area contributed by atoms with E-state index >= 15 is 0 Å². The quantitative estimate of drug-likeness (QED) is 0.594. The van der Waals surface area contributed by atoms with Crippen LogP contribution in [-0.2, 0) is 13.6 Å². The number of benzene rings is 1. The molecule has 4 rings (SSSR count). The van der Waals surface area contributed by atoms with Crippen molar-refractivity contribution in [1.82, 2.24) is 29.5 Å². The molecule has 0 radical (unpaired) electrons. The number of halogens is 1. The monoisotopic (exact) mass is 353 g/mol. The number of aryl methyl sites for hydroxylation is 1. The van der Waals surface area contributed by atoms with Crippen LogP contribution in [0.3, 0.4) is 0 Å². The molecule has 0 aliphatic carbocycles. The Labute approximate surface area is 148 Å². The number of ether oxygens (including phenoxy) is 1. The molecule has 0 fully saturated rings. The highest BCUT2D eigenvalue weighted by Crippen LogP contribution is 2.24. The zero-order chi connectivity index (χ0) is 18.1. The predicted molar refractivity (Wildman–Crippen MR) is 93.9 cm³/mol. The van der Waals surface area contributed by atoms with Gasteiger partial charge in [0.1, 0.15) is 11.6 Å². The summed E-state index contributed by atoms with van der Waals surface area (Å²) >= 11 is 0. The minimum absolute atomic E-state index is 0.197. The number of aromatic nitrogens is 6. The van der Waals surface area contributed by atoms with Gasteiger partial charge in [-0.2, -0.15) is 15.2 Å². The minimum atomic E-state index is -0.351. The largest absolute Gasteiger partial charge is 0.496 e. The maximum atomic E-state index is 14.2. The average molecular weight is 353 g/mol. The molecule has 26 heavy (non-hydrogen) atoms. The second-order valence-electron chi connectivity index (χ2n) is 5.72. The first-order chi connectivity index (χ1) is 12.6. The molecule has 0 aliphatic heterocycles. The Balaban J connectivity index is 1.69. The summed E-state index contributed by atoms with van der Waals surface area (Å²) in [7, 11) is 3.34. The number of nitrogens with zero attached hydrogens (tertiary/aromatic N) is 6. The maximum absolute atomic E-state index is 14.2. The second kappa shape index (κ2) is 6.43. The van der Waals surface area contributed by atoms with E-state index in [2.05, 4.69) is 25.5 Å². The first-order valence-corrected chi connectivity index (χ1v) is 7.89. The first-order valence-electron chi connectivity index (χ1n) is 7.89. The molecule has 1 N–H and O–H groups in total. The van der Waals surface area contributed by atoms with Gasteiger partial charge in [-0.25, -0.2) is 14.1 Å². The topological polar surface area (TPSA) is 82.7 Å². The third-order valence-corrected chi connectivity index (χ3v) is 3.94. The number of hydrogen-bond donors (Lipinski definition) is 1. The van der Waals surface area contributed by atoms with Crippen LogP contribution >= 0.6 is 0 Å². The van der Waals surface area contributed by atoms with Gasteiger partial charge in [-0.05, 0) is 12.1 Å². The molecule has 132 valence electrons. The number of fused-ring (bicyclic) bond motifs is 1. The van der Waals surface area contributed by atoms with Crippen molar-refractivity contribution in [2.75, 3.05) is 12.4 Å². The van der Waals surface area contributed by atoms with Crippen LogP contribution < -0.4 is 10.1 Å². The van der Waals surface area contributed by atoms with E-state index in [-0.39, 0.29) is 12.4 Å². The van der Waals surface area contributed by atoms with Crippen molar-refractivity contribution in [2.45, 2.75) is 6.54 Å². The molecule has 8 nitrogen and oxygen atoms in total. The van der Waals surface area contributed by atoms with Crippen LogP contribution in [0.15, 0.2) is 43.0 Å². The number of hydrogen-bond acceptors (Lipinski definition) is 6. The van der Waals surface area contributed by atoms with Gasteiger partial charge in [0.15, 0.2) is 5.65 Å². The molecular weight excluding hydrogens is 337 g/mol. The fourth-order valence-corrected chi connectivity index (χ4v) is 2.69. The Morgan fingerprint density at radius 1 is 1.19 bits per heavy atom. The molecule has 0 saturated carbocycles. The summed E-state index contributed by atoms with van der Waals surface area (Å²) in [6, 6.07) is 4.72. The van der Waals surface area contributed by atoms with Gasteiger partial charge in [-0.15, -0.1) is 0 Å². The molecule has 0 amide bonds. The van der Waals surface area contributed by atoms with Gasteiger partial charge in [0.25, 0.3) is 0 Å². The molecular formula is C17H16FN7O. The lowest BCUT2D eigenvalue weighted by atomic mass is 10.2. The zero-order valence-electron chi connectivity index (χ0n) is 14.2. The lowest BCUT2D eigenvalue weighted by molar-refractivity contribution is 0.402. The average Bonchev–Trinajstić information content (AvgIpc) is 3.23. The van der Waals surface area contributed by atoms with E-state index < -0.39 is 0 Å². The zero-order valence-corrected chi connectivity index (χ0v) is 14.2. The van der Waals surface area contributed by atoms with E-state index in [1.165, 1.54) is 13.2 Å². The van der Waals surface area contributed by atoms with Crippen molar-refractivity contribution in [3.05, 3.63) is 54.4 Å². The molecule has 4 aromatic rings. The van der Waals surface area contributed by atoms with E-state index in [4.69, 9.17) is 4.74 Å². The number of nitrogens with one attached hydrogen (secondary N) is 1. The molecule has 0 unspecified atom stereocenters. The third kappa shape index (κ3) is 2.94. The SMILES string of the molecule is COc1cccc(F)c1Cn1ncc2cnc(Nc3cnn(C)c3)nc21. The van der Waals surface area contributed by atoms with Crippen LogP contribution in [0.4, 0.5) is 16.0 Å². The maximum Gasteiger partial charge on any atom is 0.229 e. The second-order valence-corrected chi connectivity index (χ2v) is 5.72. The normalized spacial score (nSPS) is 11.0. The first kappa shape index (κ1) is 16.0. The highest BCUT2D eigenvalue weighted by molar-refractivity contribution is 5.75. The van der Waals surface area contributed by atoms with Crippen molar-refractivity contribution < 1.29 is 9.13 Å². The van der Waals surface area contributed by atoms with Gasteiger partial charge >= 0.3 is 0 Å². The number of rotatable bonds is 5. The standard InChI is InChI=1S/C17H16FN7O/c1-24-9-12(8-20-24)22-17-19-6-11-7-21-25(16(11)23-17)10-13-14(18)4-3-5-15(13)26-2/h3-9H,10H2,1-2H3,(H,19,22,23). The lowest BCUT2D eigenvalue weighted by Crippen LogP contribution is -2.07. The van der Waals surface area contributed by atoms with Gasteiger partial charge < -0.3 is 10.1 Å². The molecule has 3 heterocycles.